The van der Waals surface area contributed by atoms with Crippen LogP contribution in [0.3, 0.4) is 0 Å². The molecule has 0 fully saturated rings. The van der Waals surface area contributed by atoms with E-state index in [1.54, 1.807) is 0 Å². The molecule has 56 valence electrons. The highest BCUT2D eigenvalue weighted by Gasteiger charge is 2.21. The monoisotopic (exact) mass is 149 g/mol. The van der Waals surface area contributed by atoms with Crippen LogP contribution in [-0.2, 0) is 4.79 Å². The zero-order chi connectivity index (χ0) is 7.68. The number of aldehydes is 1. The van der Waals surface area contributed by atoms with Gasteiger partial charge in [0.05, 0.1) is 0 Å². The number of hydrogen-bond donors (Lipinski definition) is 1. The van der Waals surface area contributed by atoms with Crippen LogP contribution in [0.4, 0.5) is 0 Å². The SMILES string of the molecule is O=CC1NOc2ccccc21. The summed E-state index contributed by atoms with van der Waals surface area (Å²) in [5.74, 6) is 0.740. The average Bonchev–Trinajstić information content (AvgIpc) is 2.47. The van der Waals surface area contributed by atoms with Crippen LogP contribution in [-0.4, -0.2) is 6.29 Å². The highest BCUT2D eigenvalue weighted by atomic mass is 16.7. The van der Waals surface area contributed by atoms with Crippen LogP contribution in [0.1, 0.15) is 11.6 Å². The maximum absolute atomic E-state index is 10.4. The van der Waals surface area contributed by atoms with E-state index in [0.717, 1.165) is 17.6 Å². The van der Waals surface area contributed by atoms with Gasteiger partial charge in [-0.1, -0.05) is 18.2 Å². The largest absolute Gasteiger partial charge is 0.407 e. The minimum Gasteiger partial charge on any atom is -0.407 e. The molecule has 1 unspecified atom stereocenters. The number of carbonyl (C=O) groups excluding carboxylic acids is 1. The maximum atomic E-state index is 10.4. The van der Waals surface area contributed by atoms with Crippen molar-refractivity contribution in [3.8, 4) is 5.75 Å². The number of fused-ring (bicyclic) bond motifs is 1. The Morgan fingerprint density at radius 2 is 2.27 bits per heavy atom. The van der Waals surface area contributed by atoms with E-state index in [2.05, 4.69) is 5.48 Å². The summed E-state index contributed by atoms with van der Waals surface area (Å²) < 4.78 is 0. The van der Waals surface area contributed by atoms with Crippen LogP contribution in [0.5, 0.6) is 5.75 Å². The second-order valence-electron chi connectivity index (χ2n) is 2.37. The van der Waals surface area contributed by atoms with Gasteiger partial charge in [-0.05, 0) is 6.07 Å². The Labute approximate surface area is 63.9 Å². The first-order valence-corrected chi connectivity index (χ1v) is 3.38. The van der Waals surface area contributed by atoms with Gasteiger partial charge in [0, 0.05) is 5.56 Å². The molecule has 3 heteroatoms. The summed E-state index contributed by atoms with van der Waals surface area (Å²) in [4.78, 5) is 15.4. The van der Waals surface area contributed by atoms with Crippen molar-refractivity contribution in [2.24, 2.45) is 0 Å². The Hall–Kier alpha value is -1.35. The quantitative estimate of drug-likeness (QED) is 0.601. The Morgan fingerprint density at radius 3 is 3.09 bits per heavy atom. The molecule has 0 saturated carbocycles. The second kappa shape index (κ2) is 2.36. The van der Waals surface area contributed by atoms with Crippen molar-refractivity contribution < 1.29 is 9.63 Å². The Balaban J connectivity index is 2.46. The average molecular weight is 149 g/mol. The van der Waals surface area contributed by atoms with Gasteiger partial charge >= 0.3 is 0 Å². The summed E-state index contributed by atoms with van der Waals surface area (Å²) in [6.07, 6.45) is 0.825. The molecule has 0 radical (unpaired) electrons. The molecule has 1 aromatic rings. The Kier molecular flexibility index (Phi) is 1.36. The van der Waals surface area contributed by atoms with Crippen molar-refractivity contribution >= 4 is 6.29 Å². The molecule has 1 aliphatic heterocycles. The number of para-hydroxylation sites is 1. The summed E-state index contributed by atoms with van der Waals surface area (Å²) in [6.45, 7) is 0. The summed E-state index contributed by atoms with van der Waals surface area (Å²) in [7, 11) is 0. The number of rotatable bonds is 1. The lowest BCUT2D eigenvalue weighted by Gasteiger charge is -1.95. The minimum atomic E-state index is -0.300. The predicted octanol–water partition coefficient (Wildman–Crippen LogP) is 0.824. The van der Waals surface area contributed by atoms with Gasteiger partial charge in [-0.25, -0.2) is 0 Å². The third-order valence-corrected chi connectivity index (χ3v) is 1.69. The molecule has 1 aliphatic rings. The smallest absolute Gasteiger partial charge is 0.152 e. The van der Waals surface area contributed by atoms with Crippen molar-refractivity contribution in [3.63, 3.8) is 0 Å². The number of hydroxylamine groups is 1. The van der Waals surface area contributed by atoms with Crippen molar-refractivity contribution in [3.05, 3.63) is 29.8 Å². The molecule has 1 N–H and O–H groups in total. The van der Waals surface area contributed by atoms with Crippen LogP contribution in [0, 0.1) is 0 Å². The summed E-state index contributed by atoms with van der Waals surface area (Å²) >= 11 is 0. The zero-order valence-corrected chi connectivity index (χ0v) is 5.78. The lowest BCUT2D eigenvalue weighted by molar-refractivity contribution is -0.110. The number of carbonyl (C=O) groups is 1. The van der Waals surface area contributed by atoms with Gasteiger partial charge in [0.25, 0.3) is 0 Å². The van der Waals surface area contributed by atoms with E-state index in [4.69, 9.17) is 4.84 Å². The van der Waals surface area contributed by atoms with Crippen LogP contribution in [0.2, 0.25) is 0 Å². The third-order valence-electron chi connectivity index (χ3n) is 1.69. The first kappa shape index (κ1) is 6.37. The fraction of sp³-hybridized carbons (Fsp3) is 0.125. The van der Waals surface area contributed by atoms with Crippen LogP contribution < -0.4 is 10.3 Å². The van der Waals surface area contributed by atoms with Crippen LogP contribution >= 0.6 is 0 Å². The van der Waals surface area contributed by atoms with Gasteiger partial charge in [-0.3, -0.25) is 0 Å². The highest BCUT2D eigenvalue weighted by Crippen LogP contribution is 2.28. The van der Waals surface area contributed by atoms with Gasteiger partial charge < -0.3 is 9.63 Å². The molecular formula is C8H7NO2. The molecule has 1 heterocycles. The molecule has 0 aromatic heterocycles. The first-order valence-electron chi connectivity index (χ1n) is 3.38. The Morgan fingerprint density at radius 1 is 1.45 bits per heavy atom. The number of nitrogens with one attached hydrogen (secondary N) is 1. The topological polar surface area (TPSA) is 38.3 Å². The molecule has 0 bridgehead atoms. The van der Waals surface area contributed by atoms with Gasteiger partial charge in [0.2, 0.25) is 0 Å². The summed E-state index contributed by atoms with van der Waals surface area (Å²) in [5, 5.41) is 0. The third kappa shape index (κ3) is 0.897. The molecule has 1 atom stereocenters. The lowest BCUT2D eigenvalue weighted by Crippen LogP contribution is -2.17. The lowest BCUT2D eigenvalue weighted by atomic mass is 10.1. The minimum absolute atomic E-state index is 0.300. The molecule has 0 saturated heterocycles. The first-order chi connectivity index (χ1) is 5.42. The summed E-state index contributed by atoms with van der Waals surface area (Å²) in [6, 6.07) is 7.14. The molecule has 1 aromatic carbocycles. The molecule has 2 rings (SSSR count). The standard InChI is InChI=1S/C8H7NO2/c10-5-7-6-3-1-2-4-8(6)11-9-7/h1-5,7,9H. The Bertz CT molecular complexity index is 285. The van der Waals surface area contributed by atoms with Gasteiger partial charge in [-0.2, -0.15) is 0 Å². The fourth-order valence-corrected chi connectivity index (χ4v) is 1.12. The van der Waals surface area contributed by atoms with E-state index in [9.17, 15) is 4.79 Å². The summed E-state index contributed by atoms with van der Waals surface area (Å²) in [5.41, 5.74) is 3.51. The van der Waals surface area contributed by atoms with Crippen molar-refractivity contribution in [1.29, 1.82) is 0 Å². The molecule has 11 heavy (non-hydrogen) atoms. The molecule has 3 nitrogen and oxygen atoms in total. The zero-order valence-electron chi connectivity index (χ0n) is 5.78. The van der Waals surface area contributed by atoms with E-state index in [1.165, 1.54) is 0 Å². The fourth-order valence-electron chi connectivity index (χ4n) is 1.12. The number of benzene rings is 1. The molecular weight excluding hydrogens is 142 g/mol. The van der Waals surface area contributed by atoms with Crippen LogP contribution in [0.15, 0.2) is 24.3 Å². The highest BCUT2D eigenvalue weighted by molar-refractivity contribution is 5.64. The van der Waals surface area contributed by atoms with Gasteiger partial charge in [0.15, 0.2) is 5.75 Å². The van der Waals surface area contributed by atoms with Crippen molar-refractivity contribution in [2.75, 3.05) is 0 Å². The maximum Gasteiger partial charge on any atom is 0.152 e. The van der Waals surface area contributed by atoms with Gasteiger partial charge in [-0.15, -0.1) is 5.48 Å². The van der Waals surface area contributed by atoms with Crippen molar-refractivity contribution in [2.45, 2.75) is 6.04 Å². The van der Waals surface area contributed by atoms with E-state index in [0.29, 0.717) is 0 Å². The van der Waals surface area contributed by atoms with Crippen molar-refractivity contribution in [1.82, 2.24) is 5.48 Å². The van der Waals surface area contributed by atoms with E-state index in [-0.39, 0.29) is 6.04 Å². The number of hydrogen-bond acceptors (Lipinski definition) is 3. The second-order valence-corrected chi connectivity index (χ2v) is 2.37. The van der Waals surface area contributed by atoms with Crippen LogP contribution in [0.25, 0.3) is 0 Å². The predicted molar refractivity (Wildman–Crippen MR) is 39.0 cm³/mol. The van der Waals surface area contributed by atoms with E-state index >= 15 is 0 Å². The molecule has 0 aliphatic carbocycles. The normalized spacial score (nSPS) is 20.5. The van der Waals surface area contributed by atoms with E-state index < -0.39 is 0 Å². The molecule has 0 spiro atoms. The van der Waals surface area contributed by atoms with E-state index in [1.807, 2.05) is 24.3 Å². The van der Waals surface area contributed by atoms with Gasteiger partial charge in [0.1, 0.15) is 12.3 Å². The molecule has 0 amide bonds.